The van der Waals surface area contributed by atoms with Crippen molar-refractivity contribution in [2.45, 2.75) is 0 Å². The minimum absolute atomic E-state index is 0.191. The van der Waals surface area contributed by atoms with Gasteiger partial charge in [0.15, 0.2) is 0 Å². The smallest absolute Gasteiger partial charge is 0.343 e. The molecule has 0 bridgehead atoms. The third-order valence-electron chi connectivity index (χ3n) is 4.03. The molecule has 0 radical (unpaired) electrons. The fourth-order valence-corrected chi connectivity index (χ4v) is 3.19. The fraction of sp³-hybridized carbons (Fsp3) is 0.0455. The van der Waals surface area contributed by atoms with Crippen LogP contribution in [0.4, 0.5) is 0 Å². The number of ether oxygens (including phenoxy) is 2. The van der Waals surface area contributed by atoms with Crippen LogP contribution in [0.5, 0.6) is 11.5 Å². The minimum atomic E-state index is -0.590. The Balaban J connectivity index is 1.76. The Hall–Kier alpha value is -3.06. The second-order valence-corrected chi connectivity index (χ2v) is 7.41. The van der Waals surface area contributed by atoms with Crippen LogP contribution >= 0.6 is 34.8 Å². The first-order valence-electron chi connectivity index (χ1n) is 8.81. The highest BCUT2D eigenvalue weighted by Crippen LogP contribution is 2.24. The SMILES string of the molecule is COc1cccc(C(=O)Oc2ccc(Cl)cc2/C=N/NC(=O)c2ccc(Cl)cc2Cl)c1. The molecule has 0 saturated carbocycles. The maximum absolute atomic E-state index is 12.5. The molecule has 3 aromatic rings. The van der Waals surface area contributed by atoms with Gasteiger partial charge < -0.3 is 9.47 Å². The zero-order chi connectivity index (χ0) is 22.4. The molecule has 3 rings (SSSR count). The summed E-state index contributed by atoms with van der Waals surface area (Å²) in [5, 5.41) is 4.90. The van der Waals surface area contributed by atoms with Crippen LogP contribution in [0.2, 0.25) is 15.1 Å². The van der Waals surface area contributed by atoms with E-state index in [0.717, 1.165) is 0 Å². The number of rotatable bonds is 6. The number of carbonyl (C=O) groups excluding carboxylic acids is 2. The number of esters is 1. The molecule has 1 N–H and O–H groups in total. The highest BCUT2D eigenvalue weighted by molar-refractivity contribution is 6.36. The largest absolute Gasteiger partial charge is 0.497 e. The highest BCUT2D eigenvalue weighted by atomic mass is 35.5. The average molecular weight is 478 g/mol. The van der Waals surface area contributed by atoms with Gasteiger partial charge in [-0.1, -0.05) is 40.9 Å². The molecule has 0 heterocycles. The molecular weight excluding hydrogens is 463 g/mol. The first-order valence-corrected chi connectivity index (χ1v) is 9.95. The maximum Gasteiger partial charge on any atom is 0.343 e. The Bertz CT molecular complexity index is 1170. The summed E-state index contributed by atoms with van der Waals surface area (Å²) >= 11 is 17.9. The quantitative estimate of drug-likeness (QED) is 0.216. The van der Waals surface area contributed by atoms with E-state index in [0.29, 0.717) is 26.9 Å². The van der Waals surface area contributed by atoms with E-state index in [1.54, 1.807) is 42.5 Å². The van der Waals surface area contributed by atoms with E-state index < -0.39 is 11.9 Å². The van der Waals surface area contributed by atoms with E-state index in [-0.39, 0.29) is 16.3 Å². The molecule has 31 heavy (non-hydrogen) atoms. The van der Waals surface area contributed by atoms with E-state index in [2.05, 4.69) is 10.5 Å². The van der Waals surface area contributed by atoms with Crippen LogP contribution in [-0.4, -0.2) is 25.2 Å². The molecule has 0 saturated heterocycles. The molecule has 0 aromatic heterocycles. The lowest BCUT2D eigenvalue weighted by Crippen LogP contribution is -2.18. The second-order valence-electron chi connectivity index (χ2n) is 6.13. The van der Waals surface area contributed by atoms with E-state index in [1.165, 1.54) is 31.5 Å². The number of methoxy groups -OCH3 is 1. The second kappa shape index (κ2) is 10.3. The first kappa shape index (κ1) is 22.6. The number of nitrogens with zero attached hydrogens (tertiary/aromatic N) is 1. The van der Waals surface area contributed by atoms with Gasteiger partial charge in [-0.2, -0.15) is 5.10 Å². The summed E-state index contributed by atoms with van der Waals surface area (Å²) in [5.41, 5.74) is 3.25. The van der Waals surface area contributed by atoms with Gasteiger partial charge >= 0.3 is 5.97 Å². The van der Waals surface area contributed by atoms with Gasteiger partial charge in [0.25, 0.3) is 5.91 Å². The number of nitrogens with one attached hydrogen (secondary N) is 1. The van der Waals surface area contributed by atoms with E-state index >= 15 is 0 Å². The van der Waals surface area contributed by atoms with Crippen molar-refractivity contribution in [3.05, 3.63) is 92.4 Å². The molecule has 1 amide bonds. The minimum Gasteiger partial charge on any atom is -0.497 e. The molecular formula is C22H15Cl3N2O4. The maximum atomic E-state index is 12.5. The predicted octanol–water partition coefficient (Wildman–Crippen LogP) is 5.64. The number of benzene rings is 3. The summed E-state index contributed by atoms with van der Waals surface area (Å²) in [5.74, 6) is -0.390. The summed E-state index contributed by atoms with van der Waals surface area (Å²) in [6.07, 6.45) is 1.31. The fourth-order valence-electron chi connectivity index (χ4n) is 2.52. The van der Waals surface area contributed by atoms with Crippen molar-refractivity contribution in [3.63, 3.8) is 0 Å². The molecule has 0 aliphatic rings. The van der Waals surface area contributed by atoms with Crippen molar-refractivity contribution in [3.8, 4) is 11.5 Å². The Morgan fingerprint density at radius 3 is 2.45 bits per heavy atom. The van der Waals surface area contributed by atoms with Gasteiger partial charge in [0.05, 0.1) is 29.5 Å². The molecule has 9 heteroatoms. The average Bonchev–Trinajstić information content (AvgIpc) is 2.75. The molecule has 0 atom stereocenters. The molecule has 6 nitrogen and oxygen atoms in total. The van der Waals surface area contributed by atoms with Crippen molar-refractivity contribution >= 4 is 52.9 Å². The van der Waals surface area contributed by atoms with Gasteiger partial charge in [0.2, 0.25) is 0 Å². The number of halogens is 3. The molecule has 3 aromatic carbocycles. The van der Waals surface area contributed by atoms with Crippen LogP contribution < -0.4 is 14.9 Å². The van der Waals surface area contributed by atoms with Gasteiger partial charge in [0, 0.05) is 15.6 Å². The lowest BCUT2D eigenvalue weighted by Gasteiger charge is -2.09. The first-order chi connectivity index (χ1) is 14.9. The zero-order valence-corrected chi connectivity index (χ0v) is 18.3. The summed E-state index contributed by atoms with van der Waals surface area (Å²) in [6.45, 7) is 0. The normalized spacial score (nSPS) is 10.7. The van der Waals surface area contributed by atoms with Crippen molar-refractivity contribution in [2.75, 3.05) is 7.11 Å². The van der Waals surface area contributed by atoms with E-state index in [4.69, 9.17) is 44.3 Å². The van der Waals surface area contributed by atoms with Gasteiger partial charge in [-0.05, 0) is 54.6 Å². The van der Waals surface area contributed by atoms with Crippen molar-refractivity contribution in [1.29, 1.82) is 0 Å². The molecule has 0 fully saturated rings. The van der Waals surface area contributed by atoms with Crippen LogP contribution in [0, 0.1) is 0 Å². The number of hydrazone groups is 1. The van der Waals surface area contributed by atoms with Crippen LogP contribution in [0.3, 0.4) is 0 Å². The molecule has 0 aliphatic heterocycles. The van der Waals surface area contributed by atoms with Crippen LogP contribution in [0.1, 0.15) is 26.3 Å². The van der Waals surface area contributed by atoms with Crippen molar-refractivity contribution in [2.24, 2.45) is 5.10 Å². The van der Waals surface area contributed by atoms with Crippen LogP contribution in [0.15, 0.2) is 65.8 Å². The van der Waals surface area contributed by atoms with E-state index in [1.807, 2.05) is 0 Å². The number of hydrogen-bond acceptors (Lipinski definition) is 5. The van der Waals surface area contributed by atoms with Gasteiger partial charge in [-0.15, -0.1) is 0 Å². The summed E-state index contributed by atoms with van der Waals surface area (Å²) in [6, 6.07) is 15.7. The third kappa shape index (κ3) is 5.98. The van der Waals surface area contributed by atoms with Crippen molar-refractivity contribution in [1.82, 2.24) is 5.43 Å². The van der Waals surface area contributed by atoms with Gasteiger partial charge in [-0.25, -0.2) is 10.2 Å². The van der Waals surface area contributed by atoms with Crippen LogP contribution in [0.25, 0.3) is 0 Å². The topological polar surface area (TPSA) is 77.0 Å². The summed E-state index contributed by atoms with van der Waals surface area (Å²) in [7, 11) is 1.50. The third-order valence-corrected chi connectivity index (χ3v) is 4.81. The summed E-state index contributed by atoms with van der Waals surface area (Å²) < 4.78 is 10.6. The van der Waals surface area contributed by atoms with E-state index in [9.17, 15) is 9.59 Å². The molecule has 0 spiro atoms. The monoisotopic (exact) mass is 476 g/mol. The lowest BCUT2D eigenvalue weighted by atomic mass is 10.2. The summed E-state index contributed by atoms with van der Waals surface area (Å²) in [4.78, 5) is 24.8. The van der Waals surface area contributed by atoms with Gasteiger partial charge in [0.1, 0.15) is 11.5 Å². The Kier molecular flexibility index (Phi) is 7.52. The number of amides is 1. The standard InChI is InChI=1S/C22H15Cl3N2O4/c1-30-17-4-2-3-13(10-17)22(29)31-20-8-6-15(23)9-14(20)12-26-27-21(28)18-7-5-16(24)11-19(18)25/h2-12H,1H3,(H,27,28)/b26-12+. The molecule has 0 unspecified atom stereocenters. The highest BCUT2D eigenvalue weighted by Gasteiger charge is 2.13. The predicted molar refractivity (Wildman–Crippen MR) is 121 cm³/mol. The van der Waals surface area contributed by atoms with Gasteiger partial charge in [-0.3, -0.25) is 4.79 Å². The Morgan fingerprint density at radius 1 is 0.968 bits per heavy atom. The Labute approximate surface area is 193 Å². The van der Waals surface area contributed by atoms with Crippen LogP contribution in [-0.2, 0) is 0 Å². The molecule has 158 valence electrons. The van der Waals surface area contributed by atoms with Crippen molar-refractivity contribution < 1.29 is 19.1 Å². The molecule has 0 aliphatic carbocycles. The number of carbonyl (C=O) groups is 2. The Morgan fingerprint density at radius 2 is 1.71 bits per heavy atom. The lowest BCUT2D eigenvalue weighted by molar-refractivity contribution is 0.0733. The zero-order valence-electron chi connectivity index (χ0n) is 16.1. The number of hydrogen-bond donors (Lipinski definition) is 1.